The molecular weight excluding hydrogens is 245 g/mol. The first-order chi connectivity index (χ1) is 7.67. The van der Waals surface area contributed by atoms with E-state index in [1.807, 2.05) is 18.2 Å². The van der Waals surface area contributed by atoms with Crippen LogP contribution in [0.1, 0.15) is 12.0 Å². The molecule has 0 aliphatic rings. The molecular formula is C12H17Cl2NO. The smallest absolute Gasteiger partial charge is 0.123 e. The molecule has 0 N–H and O–H groups in total. The molecule has 1 aromatic carbocycles. The highest BCUT2D eigenvalue weighted by atomic mass is 35.5. The van der Waals surface area contributed by atoms with Crippen molar-refractivity contribution in [3.05, 3.63) is 28.8 Å². The second kappa shape index (κ2) is 7.00. The quantitative estimate of drug-likeness (QED) is 0.728. The van der Waals surface area contributed by atoms with Crippen molar-refractivity contribution in [2.75, 3.05) is 26.6 Å². The van der Waals surface area contributed by atoms with E-state index < -0.39 is 0 Å². The molecule has 0 bridgehead atoms. The number of benzene rings is 1. The zero-order valence-corrected chi connectivity index (χ0v) is 11.2. The average molecular weight is 262 g/mol. The number of hydrogen-bond donors (Lipinski definition) is 0. The Hall–Kier alpha value is -0.440. The summed E-state index contributed by atoms with van der Waals surface area (Å²) in [6, 6.07) is 5.67. The molecule has 0 saturated carbocycles. The topological polar surface area (TPSA) is 12.5 Å². The molecule has 0 radical (unpaired) electrons. The summed E-state index contributed by atoms with van der Waals surface area (Å²) in [5.41, 5.74) is 1.10. The Balaban J connectivity index is 2.67. The average Bonchev–Trinajstić information content (AvgIpc) is 2.27. The molecule has 0 atom stereocenters. The first kappa shape index (κ1) is 13.6. The first-order valence-corrected chi connectivity index (χ1v) is 6.15. The van der Waals surface area contributed by atoms with Gasteiger partial charge in [-0.2, -0.15) is 0 Å². The van der Waals surface area contributed by atoms with Gasteiger partial charge in [0.2, 0.25) is 0 Å². The molecule has 0 fully saturated rings. The van der Waals surface area contributed by atoms with Crippen LogP contribution in [0.15, 0.2) is 18.2 Å². The van der Waals surface area contributed by atoms with Crippen molar-refractivity contribution in [1.82, 2.24) is 4.90 Å². The fraction of sp³-hybridized carbons (Fsp3) is 0.500. The van der Waals surface area contributed by atoms with Gasteiger partial charge in [-0.25, -0.2) is 0 Å². The second-order valence-electron chi connectivity index (χ2n) is 3.74. The van der Waals surface area contributed by atoms with Gasteiger partial charge in [0.25, 0.3) is 0 Å². The summed E-state index contributed by atoms with van der Waals surface area (Å²) < 4.78 is 5.29. The van der Waals surface area contributed by atoms with Crippen molar-refractivity contribution in [2.24, 2.45) is 0 Å². The monoisotopic (exact) mass is 261 g/mol. The number of halogens is 2. The van der Waals surface area contributed by atoms with Gasteiger partial charge >= 0.3 is 0 Å². The lowest BCUT2D eigenvalue weighted by molar-refractivity contribution is 0.318. The minimum Gasteiger partial charge on any atom is -0.496 e. The van der Waals surface area contributed by atoms with Crippen LogP contribution in [0.2, 0.25) is 5.02 Å². The molecule has 16 heavy (non-hydrogen) atoms. The van der Waals surface area contributed by atoms with Gasteiger partial charge < -0.3 is 9.64 Å². The lowest BCUT2D eigenvalue weighted by Gasteiger charge is -2.18. The van der Waals surface area contributed by atoms with Gasteiger partial charge in [-0.15, -0.1) is 11.6 Å². The molecule has 0 saturated heterocycles. The Kier molecular flexibility index (Phi) is 5.96. The van der Waals surface area contributed by atoms with Crippen LogP contribution < -0.4 is 4.74 Å². The van der Waals surface area contributed by atoms with E-state index in [0.29, 0.717) is 5.88 Å². The summed E-state index contributed by atoms with van der Waals surface area (Å²) in [6.45, 7) is 1.79. The van der Waals surface area contributed by atoms with E-state index in [9.17, 15) is 0 Å². The van der Waals surface area contributed by atoms with E-state index in [1.165, 1.54) is 0 Å². The molecule has 0 aliphatic heterocycles. The van der Waals surface area contributed by atoms with E-state index >= 15 is 0 Å². The van der Waals surface area contributed by atoms with E-state index in [4.69, 9.17) is 27.9 Å². The molecule has 0 aromatic heterocycles. The lowest BCUT2D eigenvalue weighted by atomic mass is 10.2. The van der Waals surface area contributed by atoms with E-state index in [1.54, 1.807) is 7.11 Å². The molecule has 90 valence electrons. The third kappa shape index (κ3) is 4.20. The van der Waals surface area contributed by atoms with Crippen LogP contribution in [-0.4, -0.2) is 31.5 Å². The highest BCUT2D eigenvalue weighted by Gasteiger charge is 2.06. The third-order valence-corrected chi connectivity index (χ3v) is 2.86. The summed E-state index contributed by atoms with van der Waals surface area (Å²) in [5.74, 6) is 1.57. The van der Waals surface area contributed by atoms with Crippen molar-refractivity contribution < 1.29 is 4.74 Å². The molecule has 0 spiro atoms. The van der Waals surface area contributed by atoms with Crippen molar-refractivity contribution in [3.8, 4) is 5.75 Å². The summed E-state index contributed by atoms with van der Waals surface area (Å²) >= 11 is 11.6. The van der Waals surface area contributed by atoms with Crippen LogP contribution in [0.25, 0.3) is 0 Å². The number of hydrogen-bond acceptors (Lipinski definition) is 2. The zero-order valence-electron chi connectivity index (χ0n) is 9.67. The maximum absolute atomic E-state index is 5.97. The minimum atomic E-state index is 0.691. The predicted octanol–water partition coefficient (Wildman–Crippen LogP) is 3.41. The first-order valence-electron chi connectivity index (χ1n) is 5.24. The largest absolute Gasteiger partial charge is 0.496 e. The van der Waals surface area contributed by atoms with E-state index in [-0.39, 0.29) is 0 Å². The maximum Gasteiger partial charge on any atom is 0.123 e. The third-order valence-electron chi connectivity index (χ3n) is 2.36. The second-order valence-corrected chi connectivity index (χ2v) is 4.55. The van der Waals surface area contributed by atoms with Crippen LogP contribution in [0.4, 0.5) is 0 Å². The Labute approximate surface area is 107 Å². The number of methoxy groups -OCH3 is 1. The van der Waals surface area contributed by atoms with Crippen LogP contribution in [0.3, 0.4) is 0 Å². The van der Waals surface area contributed by atoms with Crippen LogP contribution in [0.5, 0.6) is 5.75 Å². The highest BCUT2D eigenvalue weighted by Crippen LogP contribution is 2.23. The number of nitrogens with zero attached hydrogens (tertiary/aromatic N) is 1. The van der Waals surface area contributed by atoms with Crippen molar-refractivity contribution in [1.29, 1.82) is 0 Å². The van der Waals surface area contributed by atoms with Crippen molar-refractivity contribution >= 4 is 23.2 Å². The van der Waals surface area contributed by atoms with Gasteiger partial charge in [0, 0.05) is 23.0 Å². The SMILES string of the molecule is COc1ccc(Cl)cc1CN(C)CCCCl. The lowest BCUT2D eigenvalue weighted by Crippen LogP contribution is -2.19. The van der Waals surface area contributed by atoms with Crippen molar-refractivity contribution in [3.63, 3.8) is 0 Å². The normalized spacial score (nSPS) is 10.8. The fourth-order valence-corrected chi connectivity index (χ4v) is 1.88. The number of ether oxygens (including phenoxy) is 1. The standard InChI is InChI=1S/C12H17Cl2NO/c1-15(7-3-6-13)9-10-8-11(14)4-5-12(10)16-2/h4-5,8H,3,6-7,9H2,1-2H3. The Morgan fingerprint density at radius 2 is 2.12 bits per heavy atom. The molecule has 4 heteroatoms. The summed E-state index contributed by atoms with van der Waals surface area (Å²) in [7, 11) is 3.73. The van der Waals surface area contributed by atoms with Gasteiger partial charge in [-0.3, -0.25) is 0 Å². The van der Waals surface area contributed by atoms with Gasteiger partial charge in [0.1, 0.15) is 5.75 Å². The summed E-state index contributed by atoms with van der Waals surface area (Å²) in [4.78, 5) is 2.20. The molecule has 0 unspecified atom stereocenters. The number of rotatable bonds is 6. The summed E-state index contributed by atoms with van der Waals surface area (Å²) in [5, 5.41) is 0.738. The molecule has 0 amide bonds. The Bertz CT molecular complexity index is 331. The molecule has 0 heterocycles. The molecule has 2 nitrogen and oxygen atoms in total. The van der Waals surface area contributed by atoms with Gasteiger partial charge in [-0.05, 0) is 38.2 Å². The molecule has 0 aliphatic carbocycles. The maximum atomic E-state index is 5.97. The fourth-order valence-electron chi connectivity index (χ4n) is 1.57. The van der Waals surface area contributed by atoms with Gasteiger partial charge in [0.15, 0.2) is 0 Å². The van der Waals surface area contributed by atoms with Crippen LogP contribution >= 0.6 is 23.2 Å². The Morgan fingerprint density at radius 1 is 1.38 bits per heavy atom. The van der Waals surface area contributed by atoms with Gasteiger partial charge in [0.05, 0.1) is 7.11 Å². The van der Waals surface area contributed by atoms with Crippen LogP contribution in [-0.2, 0) is 6.54 Å². The van der Waals surface area contributed by atoms with E-state index in [2.05, 4.69) is 11.9 Å². The van der Waals surface area contributed by atoms with Crippen molar-refractivity contribution in [2.45, 2.75) is 13.0 Å². The van der Waals surface area contributed by atoms with Crippen LogP contribution in [0, 0.1) is 0 Å². The minimum absolute atomic E-state index is 0.691. The predicted molar refractivity (Wildman–Crippen MR) is 69.7 cm³/mol. The Morgan fingerprint density at radius 3 is 2.75 bits per heavy atom. The molecule has 1 rings (SSSR count). The molecule has 1 aromatic rings. The van der Waals surface area contributed by atoms with E-state index in [0.717, 1.165) is 35.8 Å². The highest BCUT2D eigenvalue weighted by molar-refractivity contribution is 6.30. The van der Waals surface area contributed by atoms with Gasteiger partial charge in [-0.1, -0.05) is 11.6 Å². The zero-order chi connectivity index (χ0) is 12.0. The number of alkyl halides is 1. The summed E-state index contributed by atoms with van der Waals surface area (Å²) in [6.07, 6.45) is 0.987.